The molecule has 2 heteroatoms. The Balaban J connectivity index is 2.72. The maximum Gasteiger partial charge on any atom is 0.0393 e. The fourth-order valence-electron chi connectivity index (χ4n) is 1.52. The average molecular weight is 152 g/mol. The second kappa shape index (κ2) is 3.56. The number of hydrogen-bond donors (Lipinski definition) is 1. The van der Waals surface area contributed by atoms with Crippen molar-refractivity contribution in [2.45, 2.75) is 26.2 Å². The summed E-state index contributed by atoms with van der Waals surface area (Å²) >= 11 is 0. The van der Waals surface area contributed by atoms with Crippen LogP contribution in [0.15, 0.2) is 16.8 Å². The van der Waals surface area contributed by atoms with Gasteiger partial charge in [0.1, 0.15) is 0 Å². The fourth-order valence-corrected chi connectivity index (χ4v) is 1.52. The van der Waals surface area contributed by atoms with Crippen LogP contribution in [0.1, 0.15) is 26.2 Å². The number of rotatable bonds is 0. The number of hydrogen-bond acceptors (Lipinski definition) is 2. The van der Waals surface area contributed by atoms with E-state index in [2.05, 4.69) is 11.9 Å². The number of aliphatic imine (C=N–C) groups is 1. The quantitative estimate of drug-likeness (QED) is 0.564. The van der Waals surface area contributed by atoms with Crippen molar-refractivity contribution in [2.24, 2.45) is 16.6 Å². The lowest BCUT2D eigenvalue weighted by molar-refractivity contribution is 0.534. The van der Waals surface area contributed by atoms with Gasteiger partial charge in [-0.1, -0.05) is 6.92 Å². The minimum Gasteiger partial charge on any atom is -0.404 e. The summed E-state index contributed by atoms with van der Waals surface area (Å²) in [6.45, 7) is 2.26. The molecular weight excluding hydrogens is 136 g/mol. The molecule has 2 nitrogen and oxygen atoms in total. The van der Waals surface area contributed by atoms with Crippen LogP contribution in [0.5, 0.6) is 0 Å². The first-order valence-corrected chi connectivity index (χ1v) is 4.14. The van der Waals surface area contributed by atoms with Gasteiger partial charge in [-0.2, -0.15) is 0 Å². The van der Waals surface area contributed by atoms with E-state index in [4.69, 9.17) is 5.73 Å². The molecule has 0 amide bonds. The van der Waals surface area contributed by atoms with Crippen molar-refractivity contribution in [3.05, 3.63) is 11.8 Å². The molecule has 0 aromatic heterocycles. The summed E-state index contributed by atoms with van der Waals surface area (Å²) in [5.41, 5.74) is 7.91. The summed E-state index contributed by atoms with van der Waals surface area (Å²) in [6, 6.07) is 0. The third kappa shape index (κ3) is 1.82. The second-order valence-electron chi connectivity index (χ2n) is 3.21. The molecule has 0 spiro atoms. The highest BCUT2D eigenvalue weighted by Gasteiger charge is 2.17. The minimum atomic E-state index is 0.775. The molecule has 0 bridgehead atoms. The number of nitrogens with zero attached hydrogens (tertiary/aromatic N) is 1. The lowest BCUT2D eigenvalue weighted by Gasteiger charge is -2.21. The van der Waals surface area contributed by atoms with Gasteiger partial charge in [0.15, 0.2) is 0 Å². The second-order valence-corrected chi connectivity index (χ2v) is 3.21. The van der Waals surface area contributed by atoms with E-state index in [0.29, 0.717) is 0 Å². The predicted molar refractivity (Wildman–Crippen MR) is 48.6 cm³/mol. The van der Waals surface area contributed by atoms with Crippen LogP contribution in [0.2, 0.25) is 0 Å². The maximum atomic E-state index is 5.47. The molecule has 62 valence electrons. The Bertz CT molecular complexity index is 192. The summed E-state index contributed by atoms with van der Waals surface area (Å²) in [7, 11) is 1.84. The lowest BCUT2D eigenvalue weighted by atomic mass is 9.86. The van der Waals surface area contributed by atoms with Gasteiger partial charge in [-0.25, -0.2) is 0 Å². The van der Waals surface area contributed by atoms with Crippen LogP contribution in [0, 0.1) is 5.92 Å². The van der Waals surface area contributed by atoms with E-state index in [9.17, 15) is 0 Å². The summed E-state index contributed by atoms with van der Waals surface area (Å²) in [4.78, 5) is 4.22. The molecule has 0 radical (unpaired) electrons. The van der Waals surface area contributed by atoms with Crippen molar-refractivity contribution in [1.82, 2.24) is 0 Å². The molecule has 2 N–H and O–H groups in total. The highest BCUT2D eigenvalue weighted by Crippen LogP contribution is 2.24. The Kier molecular flexibility index (Phi) is 2.69. The van der Waals surface area contributed by atoms with E-state index in [-0.39, 0.29) is 0 Å². The Hall–Kier alpha value is -0.790. The van der Waals surface area contributed by atoms with Gasteiger partial charge in [0.05, 0.1) is 0 Å². The zero-order chi connectivity index (χ0) is 8.27. The molecule has 1 rings (SSSR count). The molecule has 0 heterocycles. The summed E-state index contributed by atoms with van der Waals surface area (Å²) in [5, 5.41) is 0. The third-order valence-corrected chi connectivity index (χ3v) is 2.29. The average Bonchev–Trinajstić information content (AvgIpc) is 2.04. The third-order valence-electron chi connectivity index (χ3n) is 2.29. The van der Waals surface area contributed by atoms with Crippen LogP contribution in [0.4, 0.5) is 0 Å². The van der Waals surface area contributed by atoms with Crippen molar-refractivity contribution < 1.29 is 0 Å². The van der Waals surface area contributed by atoms with Gasteiger partial charge in [-0.05, 0) is 37.0 Å². The highest BCUT2D eigenvalue weighted by molar-refractivity contribution is 6.00. The van der Waals surface area contributed by atoms with Gasteiger partial charge in [0, 0.05) is 12.8 Å². The van der Waals surface area contributed by atoms with Crippen molar-refractivity contribution >= 4 is 5.71 Å². The van der Waals surface area contributed by atoms with E-state index in [0.717, 1.165) is 18.8 Å². The minimum absolute atomic E-state index is 0.775. The van der Waals surface area contributed by atoms with Crippen LogP contribution in [-0.2, 0) is 0 Å². The Morgan fingerprint density at radius 2 is 2.36 bits per heavy atom. The fraction of sp³-hybridized carbons (Fsp3) is 0.667. The molecule has 0 aliphatic heterocycles. The predicted octanol–water partition coefficient (Wildman–Crippen LogP) is 1.72. The first kappa shape index (κ1) is 8.31. The van der Waals surface area contributed by atoms with E-state index < -0.39 is 0 Å². The molecule has 1 aliphatic rings. The SMILES string of the molecule is CN=C1CC(C)CCC1=CN. The zero-order valence-corrected chi connectivity index (χ0v) is 7.30. The summed E-state index contributed by atoms with van der Waals surface area (Å²) in [5.74, 6) is 0.775. The monoisotopic (exact) mass is 152 g/mol. The molecule has 1 unspecified atom stereocenters. The van der Waals surface area contributed by atoms with Crippen molar-refractivity contribution in [3.63, 3.8) is 0 Å². The molecule has 1 saturated carbocycles. The van der Waals surface area contributed by atoms with E-state index in [1.165, 1.54) is 17.7 Å². The van der Waals surface area contributed by atoms with Crippen molar-refractivity contribution in [1.29, 1.82) is 0 Å². The van der Waals surface area contributed by atoms with Gasteiger partial charge in [-0.3, -0.25) is 4.99 Å². The summed E-state index contributed by atoms with van der Waals surface area (Å²) in [6.07, 6.45) is 5.15. The Morgan fingerprint density at radius 1 is 1.64 bits per heavy atom. The largest absolute Gasteiger partial charge is 0.404 e. The number of allylic oxidation sites excluding steroid dienone is 1. The van der Waals surface area contributed by atoms with Gasteiger partial charge < -0.3 is 5.73 Å². The molecule has 11 heavy (non-hydrogen) atoms. The first-order chi connectivity index (χ1) is 5.27. The van der Waals surface area contributed by atoms with Crippen molar-refractivity contribution in [2.75, 3.05) is 7.05 Å². The number of nitrogens with two attached hydrogens (primary N) is 1. The van der Waals surface area contributed by atoms with Crippen LogP contribution in [0.3, 0.4) is 0 Å². The van der Waals surface area contributed by atoms with E-state index >= 15 is 0 Å². The highest BCUT2D eigenvalue weighted by atomic mass is 14.7. The Labute approximate surface area is 68.2 Å². The smallest absolute Gasteiger partial charge is 0.0393 e. The molecule has 0 aromatic carbocycles. The maximum absolute atomic E-state index is 5.47. The standard InChI is InChI=1S/C9H16N2/c1-7-3-4-8(6-10)9(5-7)11-2/h6-7H,3-5,10H2,1-2H3. The molecule has 1 aliphatic carbocycles. The van der Waals surface area contributed by atoms with Crippen LogP contribution in [-0.4, -0.2) is 12.8 Å². The van der Waals surface area contributed by atoms with E-state index in [1.54, 1.807) is 6.20 Å². The van der Waals surface area contributed by atoms with Gasteiger partial charge >= 0.3 is 0 Å². The normalized spacial score (nSPS) is 33.1. The zero-order valence-electron chi connectivity index (χ0n) is 7.30. The summed E-state index contributed by atoms with van der Waals surface area (Å²) < 4.78 is 0. The van der Waals surface area contributed by atoms with Gasteiger partial charge in [0.2, 0.25) is 0 Å². The van der Waals surface area contributed by atoms with Crippen LogP contribution in [0.25, 0.3) is 0 Å². The lowest BCUT2D eigenvalue weighted by Crippen LogP contribution is -2.16. The molecule has 0 aromatic rings. The Morgan fingerprint density at radius 3 is 2.91 bits per heavy atom. The molecule has 1 atom stereocenters. The molecular formula is C9H16N2. The van der Waals surface area contributed by atoms with Crippen LogP contribution >= 0.6 is 0 Å². The first-order valence-electron chi connectivity index (χ1n) is 4.14. The molecule has 0 saturated heterocycles. The van der Waals surface area contributed by atoms with E-state index in [1.807, 2.05) is 7.05 Å². The van der Waals surface area contributed by atoms with Gasteiger partial charge in [-0.15, -0.1) is 0 Å². The van der Waals surface area contributed by atoms with Crippen molar-refractivity contribution in [3.8, 4) is 0 Å². The molecule has 1 fully saturated rings. The topological polar surface area (TPSA) is 38.4 Å². The van der Waals surface area contributed by atoms with Gasteiger partial charge in [0.25, 0.3) is 0 Å². The van der Waals surface area contributed by atoms with Crippen LogP contribution < -0.4 is 5.73 Å².